The Morgan fingerprint density at radius 2 is 2.16 bits per heavy atom. The molecule has 1 heterocycles. The van der Waals surface area contributed by atoms with E-state index >= 15 is 0 Å². The predicted molar refractivity (Wildman–Crippen MR) is 62.7 cm³/mol. The number of ether oxygens (including phenoxy) is 1. The Morgan fingerprint density at radius 1 is 1.47 bits per heavy atom. The van der Waals surface area contributed by atoms with Crippen LogP contribution in [0.1, 0.15) is 12.0 Å². The van der Waals surface area contributed by atoms with Crippen molar-refractivity contribution in [2.75, 3.05) is 5.32 Å². The average molecular weight is 290 g/mol. The normalized spacial score (nSPS) is 21.9. The Balaban J connectivity index is 2.60. The number of amides is 1. The third-order valence-electron chi connectivity index (χ3n) is 2.60. The maximum absolute atomic E-state index is 12.7. The zero-order chi connectivity index (χ0) is 14.3. The lowest BCUT2D eigenvalue weighted by molar-refractivity contribution is -0.166. The van der Waals surface area contributed by atoms with Crippen LogP contribution in [-0.2, 0) is 10.3 Å². The summed E-state index contributed by atoms with van der Waals surface area (Å²) in [4.78, 5) is 11.3. The van der Waals surface area contributed by atoms with E-state index in [-0.39, 0.29) is 16.3 Å². The quantitative estimate of drug-likeness (QED) is 0.801. The van der Waals surface area contributed by atoms with Gasteiger partial charge in [-0.05, 0) is 18.2 Å². The molecular formula is C12H7ClF3NO2. The van der Waals surface area contributed by atoms with Crippen LogP contribution in [-0.4, -0.2) is 12.3 Å². The molecule has 3 nitrogen and oxygen atoms in total. The fraction of sp³-hybridized carbons (Fsp3) is 0.250. The summed E-state index contributed by atoms with van der Waals surface area (Å²) in [5, 5.41) is 2.47. The Kier molecular flexibility index (Phi) is 3.11. The summed E-state index contributed by atoms with van der Waals surface area (Å²) in [5.74, 6) is 1.93. The van der Waals surface area contributed by atoms with Gasteiger partial charge in [0.1, 0.15) is 0 Å². The van der Waals surface area contributed by atoms with Crippen LogP contribution in [0.3, 0.4) is 0 Å². The molecule has 1 aliphatic heterocycles. The van der Waals surface area contributed by atoms with Crippen LogP contribution in [0.5, 0.6) is 0 Å². The molecule has 0 fully saturated rings. The minimum atomic E-state index is -4.59. The molecule has 1 unspecified atom stereocenters. The zero-order valence-electron chi connectivity index (χ0n) is 9.34. The molecule has 0 radical (unpaired) electrons. The summed E-state index contributed by atoms with van der Waals surface area (Å²) in [5.41, 5.74) is -2.02. The molecule has 100 valence electrons. The number of carbonyl (C=O) groups excluding carboxylic acids is 1. The van der Waals surface area contributed by atoms with Crippen LogP contribution in [0.4, 0.5) is 23.7 Å². The van der Waals surface area contributed by atoms with Crippen molar-refractivity contribution in [2.45, 2.75) is 18.2 Å². The van der Waals surface area contributed by atoms with Gasteiger partial charge in [0.15, 0.2) is 0 Å². The largest absolute Gasteiger partial charge is 0.425 e. The number of benzene rings is 1. The maximum Gasteiger partial charge on any atom is 0.413 e. The highest BCUT2D eigenvalue weighted by molar-refractivity contribution is 6.30. The van der Waals surface area contributed by atoms with Crippen LogP contribution in [0, 0.1) is 12.3 Å². The summed E-state index contributed by atoms with van der Waals surface area (Å²) in [6.07, 6.45) is -1.92. The van der Waals surface area contributed by atoms with E-state index in [4.69, 9.17) is 22.8 Å². The van der Waals surface area contributed by atoms with Gasteiger partial charge in [-0.15, -0.1) is 6.42 Å². The number of rotatable bonds is 1. The second-order valence-electron chi connectivity index (χ2n) is 3.97. The second kappa shape index (κ2) is 4.35. The highest BCUT2D eigenvalue weighted by Gasteiger charge is 2.49. The number of alkyl halides is 3. The van der Waals surface area contributed by atoms with Gasteiger partial charge in [-0.2, -0.15) is 13.2 Å². The van der Waals surface area contributed by atoms with E-state index in [1.807, 2.05) is 5.92 Å². The van der Waals surface area contributed by atoms with Crippen molar-refractivity contribution >= 4 is 23.4 Å². The summed E-state index contributed by atoms with van der Waals surface area (Å²) in [6, 6.07) is 4.06. The molecule has 0 aliphatic carbocycles. The molecule has 0 saturated carbocycles. The molecule has 0 spiro atoms. The topological polar surface area (TPSA) is 38.3 Å². The first-order chi connectivity index (χ1) is 8.76. The molecule has 1 aromatic rings. The fourth-order valence-corrected chi connectivity index (χ4v) is 2.05. The molecule has 19 heavy (non-hydrogen) atoms. The van der Waals surface area contributed by atoms with Gasteiger partial charge >= 0.3 is 12.3 Å². The number of hydrogen-bond acceptors (Lipinski definition) is 2. The Bertz CT molecular complexity index is 579. The van der Waals surface area contributed by atoms with E-state index in [0.29, 0.717) is 0 Å². The third kappa shape index (κ3) is 2.61. The van der Waals surface area contributed by atoms with Crippen molar-refractivity contribution in [1.29, 1.82) is 0 Å². The molecule has 0 aromatic heterocycles. The van der Waals surface area contributed by atoms with Crippen molar-refractivity contribution in [3.63, 3.8) is 0 Å². The fourth-order valence-electron chi connectivity index (χ4n) is 1.88. The standard InChI is InChI=1S/C12H7ClF3NO2/c1-2-11(6-12(14,15)16)8-5-7(13)3-4-9(8)17-10(18)19-11/h1,3-5H,6H2,(H,17,18). The lowest BCUT2D eigenvalue weighted by Crippen LogP contribution is -2.41. The van der Waals surface area contributed by atoms with Crippen molar-refractivity contribution in [3.8, 4) is 12.3 Å². The first-order valence-electron chi connectivity index (χ1n) is 5.10. The van der Waals surface area contributed by atoms with Gasteiger partial charge in [-0.3, -0.25) is 5.32 Å². The van der Waals surface area contributed by atoms with Gasteiger partial charge < -0.3 is 4.74 Å². The van der Waals surface area contributed by atoms with Gasteiger partial charge in [0.25, 0.3) is 0 Å². The van der Waals surface area contributed by atoms with E-state index in [9.17, 15) is 18.0 Å². The Labute approximate surface area is 111 Å². The third-order valence-corrected chi connectivity index (χ3v) is 2.84. The van der Waals surface area contributed by atoms with Crippen LogP contribution in [0.2, 0.25) is 5.02 Å². The minimum Gasteiger partial charge on any atom is -0.425 e. The van der Waals surface area contributed by atoms with Gasteiger partial charge in [0.2, 0.25) is 5.60 Å². The van der Waals surface area contributed by atoms with Gasteiger partial charge in [0, 0.05) is 10.6 Å². The molecule has 0 saturated heterocycles. The van der Waals surface area contributed by atoms with Crippen molar-refractivity contribution < 1.29 is 22.7 Å². The van der Waals surface area contributed by atoms with Crippen LogP contribution in [0.25, 0.3) is 0 Å². The molecule has 1 amide bonds. The van der Waals surface area contributed by atoms with E-state index in [0.717, 1.165) is 0 Å². The average Bonchev–Trinajstić information content (AvgIpc) is 2.28. The van der Waals surface area contributed by atoms with Crippen molar-refractivity contribution in [3.05, 3.63) is 28.8 Å². The highest BCUT2D eigenvalue weighted by atomic mass is 35.5. The summed E-state index contributed by atoms with van der Waals surface area (Å²) < 4.78 is 42.7. The molecule has 1 N–H and O–H groups in total. The van der Waals surface area contributed by atoms with Crippen LogP contribution >= 0.6 is 11.6 Å². The number of hydrogen-bond donors (Lipinski definition) is 1. The van der Waals surface area contributed by atoms with E-state index in [1.165, 1.54) is 18.2 Å². The number of terminal acetylenes is 1. The number of anilines is 1. The number of carbonyl (C=O) groups is 1. The zero-order valence-corrected chi connectivity index (χ0v) is 10.1. The maximum atomic E-state index is 12.7. The molecular weight excluding hydrogens is 283 g/mol. The van der Waals surface area contributed by atoms with Crippen LogP contribution in [0.15, 0.2) is 18.2 Å². The molecule has 7 heteroatoms. The summed E-state index contributed by atoms with van der Waals surface area (Å²) in [6.45, 7) is 0. The second-order valence-corrected chi connectivity index (χ2v) is 4.40. The van der Waals surface area contributed by atoms with Gasteiger partial charge in [-0.25, -0.2) is 4.79 Å². The number of halogens is 4. The van der Waals surface area contributed by atoms with Gasteiger partial charge in [0.05, 0.1) is 12.1 Å². The smallest absolute Gasteiger partial charge is 0.413 e. The highest BCUT2D eigenvalue weighted by Crippen LogP contribution is 2.43. The lowest BCUT2D eigenvalue weighted by Gasteiger charge is -2.35. The monoisotopic (exact) mass is 289 g/mol. The Morgan fingerprint density at radius 3 is 2.74 bits per heavy atom. The number of nitrogens with one attached hydrogen (secondary N) is 1. The molecule has 1 atom stereocenters. The first-order valence-corrected chi connectivity index (χ1v) is 5.48. The molecule has 1 aliphatic rings. The molecule has 0 bridgehead atoms. The predicted octanol–water partition coefficient (Wildman–Crippen LogP) is 3.68. The van der Waals surface area contributed by atoms with Gasteiger partial charge in [-0.1, -0.05) is 17.5 Å². The molecule has 2 rings (SSSR count). The minimum absolute atomic E-state index is 0.0134. The van der Waals surface area contributed by atoms with Crippen molar-refractivity contribution in [1.82, 2.24) is 0 Å². The SMILES string of the molecule is C#CC1(CC(F)(F)F)OC(=O)Nc2ccc(Cl)cc21. The first kappa shape index (κ1) is 13.6. The lowest BCUT2D eigenvalue weighted by atomic mass is 9.88. The summed E-state index contributed by atoms with van der Waals surface area (Å²) in [7, 11) is 0. The van der Waals surface area contributed by atoms with E-state index < -0.39 is 24.3 Å². The van der Waals surface area contributed by atoms with Crippen LogP contribution < -0.4 is 5.32 Å². The van der Waals surface area contributed by atoms with E-state index in [2.05, 4.69) is 5.32 Å². The Hall–Kier alpha value is -1.87. The number of fused-ring (bicyclic) bond motifs is 1. The van der Waals surface area contributed by atoms with Crippen molar-refractivity contribution in [2.24, 2.45) is 0 Å². The molecule has 1 aromatic carbocycles. The summed E-state index contributed by atoms with van der Waals surface area (Å²) >= 11 is 5.75. The van der Waals surface area contributed by atoms with E-state index in [1.54, 1.807) is 0 Å². The number of cyclic esters (lactones) is 1.